The first kappa shape index (κ1) is 16.2. The van der Waals surface area contributed by atoms with Crippen molar-refractivity contribution in [2.24, 2.45) is 5.92 Å². The van der Waals surface area contributed by atoms with Crippen molar-refractivity contribution in [3.63, 3.8) is 0 Å². The molecule has 0 saturated carbocycles. The number of amides is 1. The number of aliphatic carboxylic acids is 1. The van der Waals surface area contributed by atoms with Gasteiger partial charge in [0.05, 0.1) is 24.0 Å². The zero-order valence-corrected chi connectivity index (χ0v) is 13.0. The van der Waals surface area contributed by atoms with E-state index in [0.717, 1.165) is 6.42 Å². The molecule has 0 aromatic heterocycles. The summed E-state index contributed by atoms with van der Waals surface area (Å²) in [6, 6.07) is -0.248. The number of carbonyl (C=O) groups is 2. The molecule has 0 radical (unpaired) electrons. The quantitative estimate of drug-likeness (QED) is 0.746. The maximum absolute atomic E-state index is 12.2. The van der Waals surface area contributed by atoms with E-state index >= 15 is 0 Å². The number of nitrogens with zero attached hydrogens (tertiary/aromatic N) is 2. The number of carboxylic acids is 1. The molecule has 0 aromatic rings. The normalized spacial score (nSPS) is 29.2. The Bertz CT molecular complexity index is 519. The van der Waals surface area contributed by atoms with Crippen LogP contribution in [-0.2, 0) is 19.4 Å². The lowest BCUT2D eigenvalue weighted by Crippen LogP contribution is -2.47. The number of carbonyl (C=O) groups excluding carboxylic acids is 1. The number of hydrogen-bond acceptors (Lipinski definition) is 5. The minimum absolute atomic E-state index is 0.0347. The van der Waals surface area contributed by atoms with Crippen LogP contribution in [0.25, 0.3) is 0 Å². The van der Waals surface area contributed by atoms with E-state index in [2.05, 4.69) is 0 Å². The Morgan fingerprint density at radius 2 is 2.05 bits per heavy atom. The molecule has 7 nitrogen and oxygen atoms in total. The molecule has 2 rings (SSSR count). The lowest BCUT2D eigenvalue weighted by atomic mass is 9.98. The number of hydrogen-bond donors (Lipinski definition) is 1. The first-order chi connectivity index (χ1) is 9.78. The van der Waals surface area contributed by atoms with Crippen molar-refractivity contribution >= 4 is 21.7 Å². The molecule has 1 N–H and O–H groups in total. The molecule has 2 aliphatic heterocycles. The van der Waals surface area contributed by atoms with Gasteiger partial charge in [-0.1, -0.05) is 0 Å². The standard InChI is InChI=1S/C13H22N2O5S/c1-14(11-4-6-21(19,20)9-11)12(16)8-15-5-2-3-10(7-15)13(17)18/h10-11H,2-9H2,1H3,(H,17,18). The van der Waals surface area contributed by atoms with Gasteiger partial charge < -0.3 is 10.0 Å². The van der Waals surface area contributed by atoms with Crippen LogP contribution in [0.1, 0.15) is 19.3 Å². The lowest BCUT2D eigenvalue weighted by molar-refractivity contribution is -0.145. The highest BCUT2D eigenvalue weighted by Crippen LogP contribution is 2.19. The first-order valence-corrected chi connectivity index (χ1v) is 9.02. The van der Waals surface area contributed by atoms with Gasteiger partial charge in [-0.05, 0) is 25.8 Å². The zero-order valence-electron chi connectivity index (χ0n) is 12.2. The van der Waals surface area contributed by atoms with E-state index in [4.69, 9.17) is 5.11 Å². The first-order valence-electron chi connectivity index (χ1n) is 7.20. The fraction of sp³-hybridized carbons (Fsp3) is 0.846. The van der Waals surface area contributed by atoms with E-state index in [-0.39, 0.29) is 30.0 Å². The largest absolute Gasteiger partial charge is 0.481 e. The molecule has 2 unspecified atom stereocenters. The van der Waals surface area contributed by atoms with Gasteiger partial charge in [-0.2, -0.15) is 0 Å². The summed E-state index contributed by atoms with van der Waals surface area (Å²) in [4.78, 5) is 26.6. The molecule has 2 saturated heterocycles. The Hall–Kier alpha value is -1.15. The third-order valence-corrected chi connectivity index (χ3v) is 6.11. The summed E-state index contributed by atoms with van der Waals surface area (Å²) in [6.07, 6.45) is 1.91. The molecular formula is C13H22N2O5S. The summed E-state index contributed by atoms with van der Waals surface area (Å²) in [5.41, 5.74) is 0. The van der Waals surface area contributed by atoms with Crippen LogP contribution in [0, 0.1) is 5.92 Å². The summed E-state index contributed by atoms with van der Waals surface area (Å²) >= 11 is 0. The highest BCUT2D eigenvalue weighted by Gasteiger charge is 2.34. The van der Waals surface area contributed by atoms with Gasteiger partial charge in [0.15, 0.2) is 9.84 Å². The smallest absolute Gasteiger partial charge is 0.307 e. The summed E-state index contributed by atoms with van der Waals surface area (Å²) in [7, 11) is -1.38. The average molecular weight is 318 g/mol. The van der Waals surface area contributed by atoms with Crippen LogP contribution < -0.4 is 0 Å². The van der Waals surface area contributed by atoms with Crippen molar-refractivity contribution in [3.8, 4) is 0 Å². The van der Waals surface area contributed by atoms with Crippen molar-refractivity contribution in [1.29, 1.82) is 0 Å². The molecule has 2 atom stereocenters. The molecule has 1 amide bonds. The molecule has 120 valence electrons. The van der Waals surface area contributed by atoms with Gasteiger partial charge in [0.1, 0.15) is 0 Å². The highest BCUT2D eigenvalue weighted by atomic mass is 32.2. The zero-order chi connectivity index (χ0) is 15.6. The summed E-state index contributed by atoms with van der Waals surface area (Å²) < 4.78 is 22.9. The van der Waals surface area contributed by atoms with Gasteiger partial charge >= 0.3 is 5.97 Å². The van der Waals surface area contributed by atoms with Crippen molar-refractivity contribution in [3.05, 3.63) is 0 Å². The number of carboxylic acid groups (broad SMARTS) is 1. The minimum Gasteiger partial charge on any atom is -0.481 e. The van der Waals surface area contributed by atoms with Gasteiger partial charge in [0.2, 0.25) is 5.91 Å². The number of likely N-dealkylation sites (N-methyl/N-ethyl adjacent to an activating group) is 1. The second-order valence-electron chi connectivity index (χ2n) is 5.97. The molecule has 2 fully saturated rings. The molecule has 0 aromatic carbocycles. The van der Waals surface area contributed by atoms with E-state index in [0.29, 0.717) is 25.9 Å². The molecule has 0 bridgehead atoms. The molecular weight excluding hydrogens is 296 g/mol. The number of rotatable bonds is 4. The molecule has 0 spiro atoms. The van der Waals surface area contributed by atoms with E-state index in [9.17, 15) is 18.0 Å². The van der Waals surface area contributed by atoms with Crippen LogP contribution in [0.3, 0.4) is 0 Å². The molecule has 21 heavy (non-hydrogen) atoms. The van der Waals surface area contributed by atoms with E-state index in [1.807, 2.05) is 4.90 Å². The van der Waals surface area contributed by atoms with E-state index < -0.39 is 21.7 Å². The van der Waals surface area contributed by atoms with Crippen molar-refractivity contribution < 1.29 is 23.1 Å². The van der Waals surface area contributed by atoms with Crippen LogP contribution in [0.4, 0.5) is 0 Å². The summed E-state index contributed by atoms with van der Waals surface area (Å²) in [5.74, 6) is -1.19. The third kappa shape index (κ3) is 4.16. The van der Waals surface area contributed by atoms with Gasteiger partial charge in [-0.25, -0.2) is 8.42 Å². The van der Waals surface area contributed by atoms with Crippen LogP contribution in [0.2, 0.25) is 0 Å². The van der Waals surface area contributed by atoms with Gasteiger partial charge in [-0.3, -0.25) is 14.5 Å². The second-order valence-corrected chi connectivity index (χ2v) is 8.20. The number of piperidine rings is 1. The second kappa shape index (κ2) is 6.31. The summed E-state index contributed by atoms with van der Waals surface area (Å²) in [6.45, 7) is 1.26. The average Bonchev–Trinajstić information content (AvgIpc) is 2.78. The maximum Gasteiger partial charge on any atom is 0.307 e. The van der Waals surface area contributed by atoms with Gasteiger partial charge in [-0.15, -0.1) is 0 Å². The SMILES string of the molecule is CN(C(=O)CN1CCCC(C(=O)O)C1)C1CCS(=O)(=O)C1. The van der Waals surface area contributed by atoms with Crippen LogP contribution in [0.5, 0.6) is 0 Å². The number of sulfone groups is 1. The Labute approximate surface area is 124 Å². The fourth-order valence-corrected chi connectivity index (χ4v) is 4.76. The van der Waals surface area contributed by atoms with Crippen LogP contribution in [-0.4, -0.2) is 79.4 Å². The van der Waals surface area contributed by atoms with Gasteiger partial charge in [0.25, 0.3) is 0 Å². The molecule has 0 aliphatic carbocycles. The molecule has 2 heterocycles. The third-order valence-electron chi connectivity index (χ3n) is 4.36. The predicted molar refractivity (Wildman–Crippen MR) is 76.6 cm³/mol. The highest BCUT2D eigenvalue weighted by molar-refractivity contribution is 7.91. The molecule has 2 aliphatic rings. The monoisotopic (exact) mass is 318 g/mol. The van der Waals surface area contributed by atoms with Crippen LogP contribution >= 0.6 is 0 Å². The summed E-state index contributed by atoms with van der Waals surface area (Å²) in [5, 5.41) is 9.04. The lowest BCUT2D eigenvalue weighted by Gasteiger charge is -2.32. The Morgan fingerprint density at radius 3 is 2.62 bits per heavy atom. The Morgan fingerprint density at radius 1 is 1.33 bits per heavy atom. The fourth-order valence-electron chi connectivity index (χ4n) is 2.99. The Kier molecular flexibility index (Phi) is 4.88. The topological polar surface area (TPSA) is 95.0 Å². The minimum atomic E-state index is -3.01. The van der Waals surface area contributed by atoms with Crippen molar-refractivity contribution in [2.45, 2.75) is 25.3 Å². The Balaban J connectivity index is 1.87. The van der Waals surface area contributed by atoms with Crippen LogP contribution in [0.15, 0.2) is 0 Å². The van der Waals surface area contributed by atoms with Crippen molar-refractivity contribution in [1.82, 2.24) is 9.80 Å². The maximum atomic E-state index is 12.2. The van der Waals surface area contributed by atoms with Crippen molar-refractivity contribution in [2.75, 3.05) is 38.2 Å². The predicted octanol–water partition coefficient (Wildman–Crippen LogP) is -0.571. The number of likely N-dealkylation sites (tertiary alicyclic amines) is 1. The van der Waals surface area contributed by atoms with E-state index in [1.165, 1.54) is 4.90 Å². The van der Waals surface area contributed by atoms with E-state index in [1.54, 1.807) is 7.05 Å². The van der Waals surface area contributed by atoms with Gasteiger partial charge in [0, 0.05) is 19.6 Å². The molecule has 8 heteroatoms.